The van der Waals surface area contributed by atoms with Gasteiger partial charge in [0.1, 0.15) is 5.56 Å². The monoisotopic (exact) mass is 422 g/mol. The number of fused-ring (bicyclic) bond motifs is 1. The standard InChI is InChI=1S/C23H22N2O6/c1-4-31-23(28)17-13-24-18-8-7-15(12-16(18)22(17)27)25-21(26)10-6-14-5-9-19(29-2)20(11-14)30-3/h5-13H,4H2,1-3H3,(H,24,27)(H,25,26)/b10-6+. The molecule has 0 fully saturated rings. The Bertz CT molecular complexity index is 1210. The predicted octanol–water partition coefficient (Wildman–Crippen LogP) is 3.37. The number of aromatic nitrogens is 1. The summed E-state index contributed by atoms with van der Waals surface area (Å²) in [5.41, 5.74) is 1.15. The van der Waals surface area contributed by atoms with E-state index in [1.54, 1.807) is 50.4 Å². The molecule has 1 heterocycles. The number of hydrogen-bond donors (Lipinski definition) is 2. The first kappa shape index (κ1) is 21.6. The molecule has 0 saturated carbocycles. The molecule has 3 aromatic rings. The van der Waals surface area contributed by atoms with Gasteiger partial charge in [-0.05, 0) is 48.9 Å². The number of esters is 1. The molecule has 8 heteroatoms. The maximum absolute atomic E-state index is 12.6. The SMILES string of the molecule is CCOC(=O)c1c[nH]c2ccc(NC(=O)/C=C/c3ccc(OC)c(OC)c3)cc2c1=O. The lowest BCUT2D eigenvalue weighted by atomic mass is 10.1. The highest BCUT2D eigenvalue weighted by Gasteiger charge is 2.14. The van der Waals surface area contributed by atoms with Gasteiger partial charge in [0.25, 0.3) is 0 Å². The highest BCUT2D eigenvalue weighted by molar-refractivity contribution is 6.03. The Balaban J connectivity index is 1.80. The Hall–Kier alpha value is -4.07. The summed E-state index contributed by atoms with van der Waals surface area (Å²) in [4.78, 5) is 39.8. The Kier molecular flexibility index (Phi) is 6.71. The number of hydrogen-bond acceptors (Lipinski definition) is 6. The van der Waals surface area contributed by atoms with Crippen molar-refractivity contribution in [3.8, 4) is 11.5 Å². The number of methoxy groups -OCH3 is 2. The van der Waals surface area contributed by atoms with Crippen LogP contribution in [0.25, 0.3) is 17.0 Å². The molecule has 2 aromatic carbocycles. The van der Waals surface area contributed by atoms with Gasteiger partial charge in [0.2, 0.25) is 11.3 Å². The van der Waals surface area contributed by atoms with Crippen LogP contribution in [-0.4, -0.2) is 37.7 Å². The van der Waals surface area contributed by atoms with E-state index >= 15 is 0 Å². The van der Waals surface area contributed by atoms with E-state index in [1.807, 2.05) is 0 Å². The van der Waals surface area contributed by atoms with Crippen molar-refractivity contribution in [2.75, 3.05) is 26.1 Å². The quantitative estimate of drug-likeness (QED) is 0.447. The van der Waals surface area contributed by atoms with Crippen molar-refractivity contribution in [3.05, 3.63) is 70.0 Å². The number of benzene rings is 2. The van der Waals surface area contributed by atoms with Gasteiger partial charge in [0.05, 0.1) is 20.8 Å². The molecule has 2 N–H and O–H groups in total. The van der Waals surface area contributed by atoms with Gasteiger partial charge >= 0.3 is 5.97 Å². The number of rotatable bonds is 7. The molecule has 0 atom stereocenters. The maximum atomic E-state index is 12.6. The van der Waals surface area contributed by atoms with E-state index in [9.17, 15) is 14.4 Å². The zero-order valence-corrected chi connectivity index (χ0v) is 17.4. The molecular weight excluding hydrogens is 400 g/mol. The molecule has 160 valence electrons. The van der Waals surface area contributed by atoms with Gasteiger partial charge < -0.3 is 24.5 Å². The summed E-state index contributed by atoms with van der Waals surface area (Å²) >= 11 is 0. The molecule has 0 saturated heterocycles. The van der Waals surface area contributed by atoms with E-state index in [4.69, 9.17) is 14.2 Å². The Morgan fingerprint density at radius 1 is 1.06 bits per heavy atom. The Morgan fingerprint density at radius 2 is 1.84 bits per heavy atom. The zero-order valence-electron chi connectivity index (χ0n) is 17.4. The van der Waals surface area contributed by atoms with Gasteiger partial charge in [-0.25, -0.2) is 4.79 Å². The molecule has 0 spiro atoms. The van der Waals surface area contributed by atoms with Crippen LogP contribution in [-0.2, 0) is 9.53 Å². The third kappa shape index (κ3) is 4.92. The third-order valence-corrected chi connectivity index (χ3v) is 4.48. The summed E-state index contributed by atoms with van der Waals surface area (Å²) < 4.78 is 15.3. The normalized spacial score (nSPS) is 10.8. The number of pyridine rings is 1. The van der Waals surface area contributed by atoms with Gasteiger partial charge in [0.15, 0.2) is 11.5 Å². The summed E-state index contributed by atoms with van der Waals surface area (Å²) in [6, 6.07) is 10.1. The largest absolute Gasteiger partial charge is 0.493 e. The molecular formula is C23H22N2O6. The number of H-pyrrole nitrogens is 1. The second kappa shape index (κ2) is 9.62. The average molecular weight is 422 g/mol. The molecule has 0 radical (unpaired) electrons. The van der Waals surface area contributed by atoms with Crippen molar-refractivity contribution in [2.24, 2.45) is 0 Å². The van der Waals surface area contributed by atoms with Crippen LogP contribution in [0.4, 0.5) is 5.69 Å². The lowest BCUT2D eigenvalue weighted by Crippen LogP contribution is -2.18. The fourth-order valence-corrected chi connectivity index (χ4v) is 2.97. The Labute approximate surface area is 178 Å². The summed E-state index contributed by atoms with van der Waals surface area (Å²) in [7, 11) is 3.08. The second-order valence-corrected chi connectivity index (χ2v) is 6.45. The summed E-state index contributed by atoms with van der Waals surface area (Å²) in [5.74, 6) is 0.0638. The molecule has 0 aliphatic rings. The van der Waals surface area contributed by atoms with Crippen molar-refractivity contribution in [1.82, 2.24) is 4.98 Å². The lowest BCUT2D eigenvalue weighted by molar-refractivity contribution is -0.111. The molecule has 0 bridgehead atoms. The van der Waals surface area contributed by atoms with Gasteiger partial charge in [-0.2, -0.15) is 0 Å². The number of anilines is 1. The zero-order chi connectivity index (χ0) is 22.4. The number of aromatic amines is 1. The van der Waals surface area contributed by atoms with Crippen LogP contribution in [0.1, 0.15) is 22.8 Å². The minimum absolute atomic E-state index is 0.0915. The molecule has 31 heavy (non-hydrogen) atoms. The van der Waals surface area contributed by atoms with Crippen molar-refractivity contribution in [3.63, 3.8) is 0 Å². The van der Waals surface area contributed by atoms with Crippen LogP contribution in [0.15, 0.2) is 53.5 Å². The number of amides is 1. The predicted molar refractivity (Wildman–Crippen MR) is 118 cm³/mol. The van der Waals surface area contributed by atoms with Gasteiger partial charge in [0, 0.05) is 28.9 Å². The molecule has 8 nitrogen and oxygen atoms in total. The van der Waals surface area contributed by atoms with Gasteiger partial charge in [-0.15, -0.1) is 0 Å². The maximum Gasteiger partial charge on any atom is 0.343 e. The average Bonchev–Trinajstić information content (AvgIpc) is 2.78. The van der Waals surface area contributed by atoms with Crippen LogP contribution >= 0.6 is 0 Å². The lowest BCUT2D eigenvalue weighted by Gasteiger charge is -2.08. The van der Waals surface area contributed by atoms with Crippen molar-refractivity contribution < 1.29 is 23.8 Å². The van der Waals surface area contributed by atoms with Crippen LogP contribution in [0, 0.1) is 0 Å². The van der Waals surface area contributed by atoms with E-state index in [2.05, 4.69) is 10.3 Å². The van der Waals surface area contributed by atoms with Gasteiger partial charge in [-0.1, -0.05) is 6.07 Å². The van der Waals surface area contributed by atoms with E-state index < -0.39 is 11.4 Å². The molecule has 0 unspecified atom stereocenters. The minimum atomic E-state index is -0.696. The van der Waals surface area contributed by atoms with Crippen molar-refractivity contribution >= 4 is 34.5 Å². The number of ether oxygens (including phenoxy) is 3. The molecule has 0 aliphatic heterocycles. The van der Waals surface area contributed by atoms with Crippen LogP contribution in [0.2, 0.25) is 0 Å². The van der Waals surface area contributed by atoms with Crippen LogP contribution in [0.3, 0.4) is 0 Å². The summed E-state index contributed by atoms with van der Waals surface area (Å²) in [5, 5.41) is 2.98. The number of carbonyl (C=O) groups excluding carboxylic acids is 2. The van der Waals surface area contributed by atoms with Gasteiger partial charge in [-0.3, -0.25) is 9.59 Å². The first-order valence-electron chi connectivity index (χ1n) is 9.50. The van der Waals surface area contributed by atoms with Crippen LogP contribution < -0.4 is 20.2 Å². The van der Waals surface area contributed by atoms with E-state index in [1.165, 1.54) is 25.4 Å². The first-order valence-corrected chi connectivity index (χ1v) is 9.50. The van der Waals surface area contributed by atoms with Crippen molar-refractivity contribution in [2.45, 2.75) is 6.92 Å². The highest BCUT2D eigenvalue weighted by Crippen LogP contribution is 2.28. The first-order chi connectivity index (χ1) is 15.0. The minimum Gasteiger partial charge on any atom is -0.493 e. The van der Waals surface area contributed by atoms with E-state index in [0.29, 0.717) is 22.7 Å². The summed E-state index contributed by atoms with van der Waals surface area (Å²) in [6.07, 6.45) is 4.32. The van der Waals surface area contributed by atoms with Crippen LogP contribution in [0.5, 0.6) is 11.5 Å². The Morgan fingerprint density at radius 3 is 2.55 bits per heavy atom. The molecule has 0 aliphatic carbocycles. The highest BCUT2D eigenvalue weighted by atomic mass is 16.5. The number of nitrogens with one attached hydrogen (secondary N) is 2. The smallest absolute Gasteiger partial charge is 0.343 e. The third-order valence-electron chi connectivity index (χ3n) is 4.48. The fourth-order valence-electron chi connectivity index (χ4n) is 2.97. The fraction of sp³-hybridized carbons (Fsp3) is 0.174. The molecule has 1 aromatic heterocycles. The van der Waals surface area contributed by atoms with E-state index in [-0.39, 0.29) is 23.5 Å². The molecule has 1 amide bonds. The number of carbonyl (C=O) groups is 2. The van der Waals surface area contributed by atoms with Crippen molar-refractivity contribution in [1.29, 1.82) is 0 Å². The second-order valence-electron chi connectivity index (χ2n) is 6.45. The summed E-state index contributed by atoms with van der Waals surface area (Å²) in [6.45, 7) is 1.83. The van der Waals surface area contributed by atoms with E-state index in [0.717, 1.165) is 5.56 Å². The topological polar surface area (TPSA) is 107 Å². The molecule has 3 rings (SSSR count).